The zero-order valence-electron chi connectivity index (χ0n) is 7.65. The molecule has 0 aromatic carbocycles. The third kappa shape index (κ3) is 3.04. The summed E-state index contributed by atoms with van der Waals surface area (Å²) in [4.78, 5) is 4.09. The SMILES string of the molecule is COCN1COCN(COC)C1. The fourth-order valence-electron chi connectivity index (χ4n) is 1.18. The summed E-state index contributed by atoms with van der Waals surface area (Å²) in [7, 11) is 3.35. The first kappa shape index (κ1) is 9.88. The van der Waals surface area contributed by atoms with Crippen LogP contribution in [0.5, 0.6) is 0 Å². The number of ether oxygens (including phenoxy) is 3. The number of methoxy groups -OCH3 is 2. The van der Waals surface area contributed by atoms with Crippen molar-refractivity contribution in [2.75, 3.05) is 47.8 Å². The van der Waals surface area contributed by atoms with Gasteiger partial charge in [0.2, 0.25) is 0 Å². The molecule has 0 aliphatic carbocycles. The van der Waals surface area contributed by atoms with E-state index in [-0.39, 0.29) is 0 Å². The normalized spacial score (nSPS) is 21.5. The van der Waals surface area contributed by atoms with Gasteiger partial charge in [0.15, 0.2) is 0 Å². The summed E-state index contributed by atoms with van der Waals surface area (Å²) in [6.07, 6.45) is 0. The lowest BCUT2D eigenvalue weighted by atomic mass is 10.7. The standard InChI is InChI=1S/C7H16N2O3/c1-10-4-8-3-9(5-11-2)7-12-6-8/h3-7H2,1-2H3. The van der Waals surface area contributed by atoms with E-state index in [1.807, 2.05) is 9.80 Å². The average molecular weight is 176 g/mol. The van der Waals surface area contributed by atoms with Crippen molar-refractivity contribution in [2.24, 2.45) is 0 Å². The van der Waals surface area contributed by atoms with Gasteiger partial charge in [0.05, 0.1) is 6.67 Å². The highest BCUT2D eigenvalue weighted by Crippen LogP contribution is 2.02. The van der Waals surface area contributed by atoms with Gasteiger partial charge in [-0.05, 0) is 0 Å². The zero-order valence-corrected chi connectivity index (χ0v) is 7.65. The molecule has 0 spiro atoms. The molecule has 1 saturated heterocycles. The Hall–Kier alpha value is -0.200. The third-order valence-electron chi connectivity index (χ3n) is 1.57. The summed E-state index contributed by atoms with van der Waals surface area (Å²) < 4.78 is 15.3. The Bertz CT molecular complexity index is 107. The van der Waals surface area contributed by atoms with E-state index >= 15 is 0 Å². The largest absolute Gasteiger partial charge is 0.369 e. The maximum atomic E-state index is 5.29. The quantitative estimate of drug-likeness (QED) is 0.587. The van der Waals surface area contributed by atoms with E-state index in [0.29, 0.717) is 26.9 Å². The van der Waals surface area contributed by atoms with Gasteiger partial charge in [-0.1, -0.05) is 0 Å². The van der Waals surface area contributed by atoms with Crippen LogP contribution >= 0.6 is 0 Å². The molecule has 0 bridgehead atoms. The Kier molecular flexibility index (Phi) is 4.49. The van der Waals surface area contributed by atoms with Crippen LogP contribution in [0.2, 0.25) is 0 Å². The van der Waals surface area contributed by atoms with Crippen LogP contribution in [-0.2, 0) is 14.2 Å². The molecule has 72 valence electrons. The van der Waals surface area contributed by atoms with E-state index in [9.17, 15) is 0 Å². The second-order valence-electron chi connectivity index (χ2n) is 2.78. The summed E-state index contributed by atoms with van der Waals surface area (Å²) in [5, 5.41) is 0. The van der Waals surface area contributed by atoms with Gasteiger partial charge in [-0.15, -0.1) is 0 Å². The van der Waals surface area contributed by atoms with Crippen molar-refractivity contribution in [2.45, 2.75) is 0 Å². The highest BCUT2D eigenvalue weighted by molar-refractivity contribution is 4.53. The number of hydrogen-bond acceptors (Lipinski definition) is 5. The predicted molar refractivity (Wildman–Crippen MR) is 43.1 cm³/mol. The van der Waals surface area contributed by atoms with Gasteiger partial charge >= 0.3 is 0 Å². The van der Waals surface area contributed by atoms with Crippen LogP contribution in [0.3, 0.4) is 0 Å². The average Bonchev–Trinajstić information content (AvgIpc) is 2.06. The van der Waals surface area contributed by atoms with Crippen LogP contribution in [-0.4, -0.2) is 57.6 Å². The number of rotatable bonds is 4. The van der Waals surface area contributed by atoms with Gasteiger partial charge in [-0.3, -0.25) is 0 Å². The maximum absolute atomic E-state index is 5.29. The first-order chi connectivity index (χ1) is 5.86. The fraction of sp³-hybridized carbons (Fsp3) is 1.00. The summed E-state index contributed by atoms with van der Waals surface area (Å²) in [6.45, 7) is 3.30. The Morgan fingerprint density at radius 3 is 2.00 bits per heavy atom. The lowest BCUT2D eigenvalue weighted by molar-refractivity contribution is -0.161. The van der Waals surface area contributed by atoms with E-state index in [2.05, 4.69) is 0 Å². The van der Waals surface area contributed by atoms with Gasteiger partial charge < -0.3 is 14.2 Å². The van der Waals surface area contributed by atoms with Crippen molar-refractivity contribution in [3.05, 3.63) is 0 Å². The van der Waals surface area contributed by atoms with Crippen LogP contribution in [0.4, 0.5) is 0 Å². The summed E-state index contributed by atoms with van der Waals surface area (Å²) in [5.41, 5.74) is 0. The molecule has 1 rings (SSSR count). The first-order valence-electron chi connectivity index (χ1n) is 3.87. The van der Waals surface area contributed by atoms with Crippen LogP contribution in [0.15, 0.2) is 0 Å². The highest BCUT2D eigenvalue weighted by atomic mass is 16.5. The molecule has 0 radical (unpaired) electrons. The van der Waals surface area contributed by atoms with Crippen molar-refractivity contribution in [3.63, 3.8) is 0 Å². The van der Waals surface area contributed by atoms with Crippen LogP contribution < -0.4 is 0 Å². The molecular formula is C7H16N2O3. The van der Waals surface area contributed by atoms with Gasteiger partial charge in [-0.25, -0.2) is 9.80 Å². The molecule has 0 saturated carbocycles. The highest BCUT2D eigenvalue weighted by Gasteiger charge is 2.16. The molecule has 0 aromatic rings. The van der Waals surface area contributed by atoms with Crippen molar-refractivity contribution >= 4 is 0 Å². The maximum Gasteiger partial charge on any atom is 0.104 e. The predicted octanol–water partition coefficient (Wildman–Crippen LogP) is -0.299. The second kappa shape index (κ2) is 5.45. The molecule has 5 nitrogen and oxygen atoms in total. The monoisotopic (exact) mass is 176 g/mol. The summed E-state index contributed by atoms with van der Waals surface area (Å²) in [5.74, 6) is 0. The molecule has 0 amide bonds. The van der Waals surface area contributed by atoms with Gasteiger partial charge in [0, 0.05) is 14.2 Å². The molecule has 0 unspecified atom stereocenters. The third-order valence-corrected chi connectivity index (χ3v) is 1.57. The minimum absolute atomic E-state index is 0.597. The Morgan fingerprint density at radius 1 is 1.08 bits per heavy atom. The molecule has 0 atom stereocenters. The summed E-state index contributed by atoms with van der Waals surface area (Å²) in [6, 6.07) is 0. The van der Waals surface area contributed by atoms with Crippen LogP contribution in [0.25, 0.3) is 0 Å². The zero-order chi connectivity index (χ0) is 8.81. The minimum atomic E-state index is 0.597. The molecule has 1 aliphatic rings. The molecule has 5 heteroatoms. The molecule has 1 fully saturated rings. The fourth-order valence-corrected chi connectivity index (χ4v) is 1.18. The topological polar surface area (TPSA) is 34.2 Å². The smallest absolute Gasteiger partial charge is 0.104 e. The molecule has 12 heavy (non-hydrogen) atoms. The summed E-state index contributed by atoms with van der Waals surface area (Å²) >= 11 is 0. The van der Waals surface area contributed by atoms with E-state index < -0.39 is 0 Å². The molecule has 1 aliphatic heterocycles. The number of nitrogens with zero attached hydrogens (tertiary/aromatic N) is 2. The molecular weight excluding hydrogens is 160 g/mol. The van der Waals surface area contributed by atoms with E-state index in [1.165, 1.54) is 0 Å². The molecule has 1 heterocycles. The number of hydrogen-bond donors (Lipinski definition) is 0. The van der Waals surface area contributed by atoms with Crippen molar-refractivity contribution in [1.29, 1.82) is 0 Å². The van der Waals surface area contributed by atoms with Gasteiger partial charge in [0.1, 0.15) is 26.9 Å². The van der Waals surface area contributed by atoms with Crippen LogP contribution in [0, 0.1) is 0 Å². The van der Waals surface area contributed by atoms with Crippen LogP contribution in [0.1, 0.15) is 0 Å². The minimum Gasteiger partial charge on any atom is -0.369 e. The van der Waals surface area contributed by atoms with E-state index in [1.54, 1.807) is 14.2 Å². The van der Waals surface area contributed by atoms with Gasteiger partial charge in [-0.2, -0.15) is 0 Å². The van der Waals surface area contributed by atoms with Crippen molar-refractivity contribution < 1.29 is 14.2 Å². The van der Waals surface area contributed by atoms with E-state index in [0.717, 1.165) is 6.67 Å². The van der Waals surface area contributed by atoms with Gasteiger partial charge in [0.25, 0.3) is 0 Å². The lowest BCUT2D eigenvalue weighted by Gasteiger charge is -2.33. The Balaban J connectivity index is 2.20. The molecule has 0 N–H and O–H groups in total. The lowest BCUT2D eigenvalue weighted by Crippen LogP contribution is -2.47. The first-order valence-corrected chi connectivity index (χ1v) is 3.87. The second-order valence-corrected chi connectivity index (χ2v) is 2.78. The van der Waals surface area contributed by atoms with E-state index in [4.69, 9.17) is 14.2 Å². The van der Waals surface area contributed by atoms with Crippen molar-refractivity contribution in [3.8, 4) is 0 Å². The Labute approximate surface area is 72.8 Å². The Morgan fingerprint density at radius 2 is 1.58 bits per heavy atom. The van der Waals surface area contributed by atoms with Crippen molar-refractivity contribution in [1.82, 2.24) is 9.80 Å². The molecule has 0 aromatic heterocycles.